The molecule has 0 unspecified atom stereocenters. The smallest absolute Gasteiger partial charge is 0.00116 e. The van der Waals surface area contributed by atoms with Gasteiger partial charge in [-0.1, -0.05) is 30.9 Å². The number of allylic oxidation sites excluding steroid dienone is 1. The summed E-state index contributed by atoms with van der Waals surface area (Å²) >= 11 is 0. The highest BCUT2D eigenvalue weighted by atomic mass is 35.5. The second kappa shape index (κ2) is 7.29. The summed E-state index contributed by atoms with van der Waals surface area (Å²) in [5.74, 6) is 0.928. The van der Waals surface area contributed by atoms with Gasteiger partial charge in [0.05, 0.1) is 0 Å². The Balaban J connectivity index is 0.00000112. The molecule has 1 heterocycles. The van der Waals surface area contributed by atoms with E-state index in [0.29, 0.717) is 0 Å². The van der Waals surface area contributed by atoms with E-state index in [1.165, 1.54) is 64.5 Å². The average molecular weight is 230 g/mol. The molecule has 0 bridgehead atoms. The van der Waals surface area contributed by atoms with Crippen LogP contribution in [0.4, 0.5) is 0 Å². The summed E-state index contributed by atoms with van der Waals surface area (Å²) in [7, 11) is 0. The molecule has 2 rings (SSSR count). The maximum atomic E-state index is 3.47. The van der Waals surface area contributed by atoms with E-state index < -0.39 is 0 Å². The Bertz CT molecular complexity index is 185. The van der Waals surface area contributed by atoms with Crippen molar-refractivity contribution in [3.05, 3.63) is 11.6 Å². The lowest BCUT2D eigenvalue weighted by Crippen LogP contribution is -2.13. The number of nitrogens with one attached hydrogen (secondary N) is 1. The van der Waals surface area contributed by atoms with Gasteiger partial charge >= 0.3 is 0 Å². The highest BCUT2D eigenvalue weighted by molar-refractivity contribution is 5.85. The Morgan fingerprint density at radius 1 is 0.933 bits per heavy atom. The van der Waals surface area contributed by atoms with Gasteiger partial charge in [0, 0.05) is 0 Å². The van der Waals surface area contributed by atoms with E-state index >= 15 is 0 Å². The standard InChI is InChI=1S/C13H23N.ClH/c1-2-5-12(6-3-1)11-13-7-4-9-14-10-8-13;/h11-12,14H,1-10H2;1H/b13-11+;. The van der Waals surface area contributed by atoms with Gasteiger partial charge in [0.2, 0.25) is 0 Å². The topological polar surface area (TPSA) is 12.0 Å². The van der Waals surface area contributed by atoms with Gasteiger partial charge in [-0.15, -0.1) is 12.4 Å². The summed E-state index contributed by atoms with van der Waals surface area (Å²) in [6.07, 6.45) is 13.9. The van der Waals surface area contributed by atoms with Crippen molar-refractivity contribution in [2.75, 3.05) is 13.1 Å². The minimum Gasteiger partial charge on any atom is -0.316 e. The molecule has 15 heavy (non-hydrogen) atoms. The molecule has 0 amide bonds. The van der Waals surface area contributed by atoms with Gasteiger partial charge in [-0.3, -0.25) is 0 Å². The van der Waals surface area contributed by atoms with E-state index in [9.17, 15) is 0 Å². The van der Waals surface area contributed by atoms with Gasteiger partial charge in [0.1, 0.15) is 0 Å². The Morgan fingerprint density at radius 2 is 1.73 bits per heavy atom. The van der Waals surface area contributed by atoms with E-state index in [0.717, 1.165) is 5.92 Å². The van der Waals surface area contributed by atoms with Gasteiger partial charge in [0.15, 0.2) is 0 Å². The zero-order valence-corrected chi connectivity index (χ0v) is 10.5. The van der Waals surface area contributed by atoms with Gasteiger partial charge in [-0.25, -0.2) is 0 Å². The number of hydrogen-bond acceptors (Lipinski definition) is 1. The van der Waals surface area contributed by atoms with Crippen molar-refractivity contribution in [3.8, 4) is 0 Å². The van der Waals surface area contributed by atoms with Gasteiger partial charge in [-0.2, -0.15) is 0 Å². The Hall–Kier alpha value is -0.0100. The fraction of sp³-hybridized carbons (Fsp3) is 0.846. The Kier molecular flexibility index (Phi) is 6.35. The predicted molar refractivity (Wildman–Crippen MR) is 68.6 cm³/mol. The summed E-state index contributed by atoms with van der Waals surface area (Å²) in [6, 6.07) is 0. The summed E-state index contributed by atoms with van der Waals surface area (Å²) in [6.45, 7) is 2.43. The van der Waals surface area contributed by atoms with Crippen LogP contribution in [-0.4, -0.2) is 13.1 Å². The third kappa shape index (κ3) is 4.56. The fourth-order valence-corrected chi connectivity index (χ4v) is 2.74. The van der Waals surface area contributed by atoms with E-state index in [-0.39, 0.29) is 12.4 Å². The molecule has 1 aliphatic heterocycles. The van der Waals surface area contributed by atoms with Gasteiger partial charge in [-0.05, 0) is 51.1 Å². The van der Waals surface area contributed by atoms with Crippen LogP contribution in [0.1, 0.15) is 51.4 Å². The molecule has 2 heteroatoms. The van der Waals surface area contributed by atoms with Crippen LogP contribution in [0.15, 0.2) is 11.6 Å². The van der Waals surface area contributed by atoms with Gasteiger partial charge in [0.25, 0.3) is 0 Å². The second-order valence-corrected chi connectivity index (χ2v) is 4.83. The molecule has 1 N–H and O–H groups in total. The molecular formula is C13H24ClN. The monoisotopic (exact) mass is 229 g/mol. The molecule has 0 aromatic carbocycles. The van der Waals surface area contributed by atoms with E-state index in [4.69, 9.17) is 0 Å². The van der Waals surface area contributed by atoms with Crippen LogP contribution in [0.25, 0.3) is 0 Å². The fourth-order valence-electron chi connectivity index (χ4n) is 2.74. The van der Waals surface area contributed by atoms with Crippen molar-refractivity contribution in [3.63, 3.8) is 0 Å². The lowest BCUT2D eigenvalue weighted by Gasteiger charge is -2.19. The first-order valence-corrected chi connectivity index (χ1v) is 6.35. The lowest BCUT2D eigenvalue weighted by molar-refractivity contribution is 0.416. The third-order valence-electron chi connectivity index (χ3n) is 3.60. The maximum Gasteiger partial charge on any atom is -0.00116 e. The minimum absolute atomic E-state index is 0. The Morgan fingerprint density at radius 3 is 2.53 bits per heavy atom. The molecule has 0 aromatic rings. The predicted octanol–water partition coefficient (Wildman–Crippen LogP) is 3.69. The van der Waals surface area contributed by atoms with Crippen molar-refractivity contribution in [2.45, 2.75) is 51.4 Å². The maximum absolute atomic E-state index is 3.47. The number of rotatable bonds is 1. The summed E-state index contributed by atoms with van der Waals surface area (Å²) in [4.78, 5) is 0. The first-order valence-electron chi connectivity index (χ1n) is 6.35. The van der Waals surface area contributed by atoms with Crippen molar-refractivity contribution in [1.29, 1.82) is 0 Å². The molecule has 0 radical (unpaired) electrons. The molecule has 1 nitrogen and oxygen atoms in total. The number of halogens is 1. The normalized spacial score (nSPS) is 27.1. The zero-order valence-electron chi connectivity index (χ0n) is 9.63. The Labute approximate surface area is 100 Å². The highest BCUT2D eigenvalue weighted by Crippen LogP contribution is 2.27. The van der Waals surface area contributed by atoms with Crippen molar-refractivity contribution >= 4 is 12.4 Å². The van der Waals surface area contributed by atoms with Gasteiger partial charge < -0.3 is 5.32 Å². The van der Waals surface area contributed by atoms with Crippen molar-refractivity contribution in [2.24, 2.45) is 5.92 Å². The number of hydrogen-bond donors (Lipinski definition) is 1. The molecule has 0 spiro atoms. The first-order chi connectivity index (χ1) is 6.95. The average Bonchev–Trinajstić information content (AvgIpc) is 2.48. The molecule has 0 aromatic heterocycles. The van der Waals surface area contributed by atoms with Crippen LogP contribution in [0.2, 0.25) is 0 Å². The summed E-state index contributed by atoms with van der Waals surface area (Å²) < 4.78 is 0. The third-order valence-corrected chi connectivity index (χ3v) is 3.60. The first kappa shape index (κ1) is 13.1. The molecule has 88 valence electrons. The summed E-state index contributed by atoms with van der Waals surface area (Å²) in [5.41, 5.74) is 1.74. The zero-order chi connectivity index (χ0) is 9.64. The quantitative estimate of drug-likeness (QED) is 0.677. The molecule has 0 atom stereocenters. The van der Waals surface area contributed by atoms with Crippen LogP contribution in [-0.2, 0) is 0 Å². The molecule has 1 saturated carbocycles. The second-order valence-electron chi connectivity index (χ2n) is 4.83. The molecular weight excluding hydrogens is 206 g/mol. The SMILES string of the molecule is C(=C1/CCCNCC1)/C1CCCCC1.Cl. The van der Waals surface area contributed by atoms with E-state index in [1.807, 2.05) is 0 Å². The molecule has 2 aliphatic rings. The lowest BCUT2D eigenvalue weighted by atomic mass is 9.87. The molecule has 1 aliphatic carbocycles. The van der Waals surface area contributed by atoms with Crippen LogP contribution in [0, 0.1) is 5.92 Å². The van der Waals surface area contributed by atoms with E-state index in [1.54, 1.807) is 5.57 Å². The van der Waals surface area contributed by atoms with Crippen molar-refractivity contribution in [1.82, 2.24) is 5.32 Å². The van der Waals surface area contributed by atoms with Crippen molar-refractivity contribution < 1.29 is 0 Å². The highest BCUT2D eigenvalue weighted by Gasteiger charge is 2.12. The molecule has 1 saturated heterocycles. The van der Waals surface area contributed by atoms with Crippen LogP contribution < -0.4 is 5.32 Å². The van der Waals surface area contributed by atoms with Crippen LogP contribution in [0.3, 0.4) is 0 Å². The molecule has 2 fully saturated rings. The largest absolute Gasteiger partial charge is 0.316 e. The minimum atomic E-state index is 0. The van der Waals surface area contributed by atoms with Crippen LogP contribution in [0.5, 0.6) is 0 Å². The van der Waals surface area contributed by atoms with E-state index in [2.05, 4.69) is 11.4 Å². The van der Waals surface area contributed by atoms with Crippen LogP contribution >= 0.6 is 12.4 Å². The summed E-state index contributed by atoms with van der Waals surface area (Å²) in [5, 5.41) is 3.47.